The van der Waals surface area contributed by atoms with Crippen LogP contribution in [0.4, 0.5) is 26.3 Å². The maximum Gasteiger partial charge on any atom is 0.490 e. The zero-order chi connectivity index (χ0) is 30.1. The van der Waals surface area contributed by atoms with Crippen molar-refractivity contribution in [2.45, 2.75) is 29.8 Å². The van der Waals surface area contributed by atoms with E-state index in [-0.39, 0.29) is 24.0 Å². The molecule has 40 heavy (non-hydrogen) atoms. The highest BCUT2D eigenvalue weighted by Crippen LogP contribution is 2.26. The van der Waals surface area contributed by atoms with Gasteiger partial charge in [-0.1, -0.05) is 0 Å². The van der Waals surface area contributed by atoms with Crippen LogP contribution in [0.15, 0.2) is 66.2 Å². The molecule has 3 aromatic heterocycles. The number of fused-ring (bicyclic) bond motifs is 1. The molecule has 0 saturated heterocycles. The monoisotopic (exact) mass is 599 g/mol. The minimum atomic E-state index is -5.08. The number of aromatic nitrogens is 4. The summed E-state index contributed by atoms with van der Waals surface area (Å²) in [5.74, 6) is -4.88. The Morgan fingerprint density at radius 3 is 1.95 bits per heavy atom. The lowest BCUT2D eigenvalue weighted by molar-refractivity contribution is -0.193. The molecule has 1 atom stereocenters. The average Bonchev–Trinajstić information content (AvgIpc) is 3.37. The second-order valence-electron chi connectivity index (χ2n) is 7.51. The molecule has 0 radical (unpaired) electrons. The Kier molecular flexibility index (Phi) is 10.5. The summed E-state index contributed by atoms with van der Waals surface area (Å²) in [4.78, 5) is 25.9. The van der Waals surface area contributed by atoms with Gasteiger partial charge in [-0.15, -0.1) is 0 Å². The van der Waals surface area contributed by atoms with Gasteiger partial charge in [0.2, 0.25) is 10.0 Å². The Labute approximate surface area is 221 Å². The second kappa shape index (κ2) is 13.2. The molecule has 0 aromatic carbocycles. The number of hydrogen-bond acceptors (Lipinski definition) is 8. The Balaban J connectivity index is 0.000000333. The van der Waals surface area contributed by atoms with Gasteiger partial charge in [0.05, 0.1) is 18.4 Å². The van der Waals surface area contributed by atoms with E-state index in [1.165, 1.54) is 10.5 Å². The highest BCUT2D eigenvalue weighted by atomic mass is 32.2. The lowest BCUT2D eigenvalue weighted by Crippen LogP contribution is -2.43. The third kappa shape index (κ3) is 9.19. The number of carboxylic acid groups (broad SMARTS) is 2. The number of alkyl halides is 6. The SMILES string of the molecule is O=C(O)C(F)(F)F.O=C(O)C(F)(F)F.O=S(=O)(c1cccnc1)N1Cc2ccnn2C(COc2cccnc2)C1. The van der Waals surface area contributed by atoms with E-state index in [4.69, 9.17) is 24.5 Å². The van der Waals surface area contributed by atoms with E-state index in [1.807, 2.05) is 16.8 Å². The maximum absolute atomic E-state index is 12.9. The smallest absolute Gasteiger partial charge is 0.490 e. The molecule has 0 fully saturated rings. The van der Waals surface area contributed by atoms with Crippen LogP contribution in [0.25, 0.3) is 0 Å². The number of halogens is 6. The summed E-state index contributed by atoms with van der Waals surface area (Å²) in [5, 5.41) is 18.6. The number of pyridine rings is 2. The van der Waals surface area contributed by atoms with E-state index < -0.39 is 34.3 Å². The van der Waals surface area contributed by atoms with E-state index in [9.17, 15) is 34.8 Å². The lowest BCUT2D eigenvalue weighted by atomic mass is 10.2. The highest BCUT2D eigenvalue weighted by Gasteiger charge is 2.39. The molecular weight excluding hydrogens is 580 g/mol. The summed E-state index contributed by atoms with van der Waals surface area (Å²) in [6, 6.07) is 8.35. The molecule has 0 aliphatic carbocycles. The molecule has 4 heterocycles. The zero-order valence-corrected chi connectivity index (χ0v) is 20.6. The summed E-state index contributed by atoms with van der Waals surface area (Å²) < 4.78 is 98.4. The second-order valence-corrected chi connectivity index (χ2v) is 9.45. The van der Waals surface area contributed by atoms with Gasteiger partial charge in [-0.3, -0.25) is 14.6 Å². The summed E-state index contributed by atoms with van der Waals surface area (Å²) >= 11 is 0. The van der Waals surface area contributed by atoms with Crippen LogP contribution in [-0.2, 0) is 26.2 Å². The van der Waals surface area contributed by atoms with E-state index in [2.05, 4.69) is 15.1 Å². The van der Waals surface area contributed by atoms with Crippen LogP contribution in [0, 0.1) is 0 Å². The number of ether oxygens (including phenoxy) is 1. The van der Waals surface area contributed by atoms with E-state index in [0.717, 1.165) is 5.69 Å². The number of carboxylic acids is 2. The molecule has 1 aliphatic heterocycles. The molecule has 3 aromatic rings. The van der Waals surface area contributed by atoms with E-state index in [1.54, 1.807) is 43.0 Å². The first-order chi connectivity index (χ1) is 18.5. The predicted molar refractivity (Wildman–Crippen MR) is 120 cm³/mol. The van der Waals surface area contributed by atoms with Crippen LogP contribution >= 0.6 is 0 Å². The first-order valence-corrected chi connectivity index (χ1v) is 12.0. The van der Waals surface area contributed by atoms with Crippen molar-refractivity contribution in [3.05, 3.63) is 67.0 Å². The molecule has 0 spiro atoms. The van der Waals surface area contributed by atoms with Crippen molar-refractivity contribution < 1.29 is 59.3 Å². The van der Waals surface area contributed by atoms with Gasteiger partial charge >= 0.3 is 24.3 Å². The number of sulfonamides is 1. The molecule has 1 aliphatic rings. The normalized spacial score (nSPS) is 15.4. The molecule has 218 valence electrons. The van der Waals surface area contributed by atoms with Crippen molar-refractivity contribution in [1.29, 1.82) is 0 Å². The Morgan fingerprint density at radius 2 is 1.48 bits per heavy atom. The van der Waals surface area contributed by atoms with E-state index in [0.29, 0.717) is 12.4 Å². The van der Waals surface area contributed by atoms with Crippen molar-refractivity contribution >= 4 is 22.0 Å². The standard InChI is InChI=1S/C17H17N5O3S.2C2HF3O2/c23-26(24,17-4-2-7-19-10-17)21-11-14-5-8-20-22(14)15(12-21)13-25-16-3-1-6-18-9-16;2*3-2(4,5)1(6)7/h1-10,15H,11-13H2;2*(H,6,7). The zero-order valence-electron chi connectivity index (χ0n) is 19.8. The van der Waals surface area contributed by atoms with Crippen LogP contribution in [0.5, 0.6) is 5.75 Å². The predicted octanol–water partition coefficient (Wildman–Crippen LogP) is 2.76. The number of nitrogens with zero attached hydrogens (tertiary/aromatic N) is 5. The molecular formula is C21H19F6N5O7S. The van der Waals surface area contributed by atoms with Gasteiger partial charge in [-0.25, -0.2) is 18.0 Å². The number of aliphatic carboxylic acids is 2. The minimum absolute atomic E-state index is 0.180. The molecule has 2 N–H and O–H groups in total. The van der Waals surface area contributed by atoms with Gasteiger partial charge in [-0.05, 0) is 30.3 Å². The molecule has 19 heteroatoms. The largest absolute Gasteiger partial charge is 0.490 e. The van der Waals surface area contributed by atoms with Crippen molar-refractivity contribution in [3.63, 3.8) is 0 Å². The molecule has 0 amide bonds. The van der Waals surface area contributed by atoms with Gasteiger partial charge in [0.15, 0.2) is 0 Å². The molecule has 12 nitrogen and oxygen atoms in total. The van der Waals surface area contributed by atoms with Crippen molar-refractivity contribution in [1.82, 2.24) is 24.1 Å². The van der Waals surface area contributed by atoms with Crippen LogP contribution in [0.2, 0.25) is 0 Å². The third-order valence-corrected chi connectivity index (χ3v) is 6.48. The molecule has 0 bridgehead atoms. The van der Waals surface area contributed by atoms with Crippen LogP contribution < -0.4 is 4.74 Å². The van der Waals surface area contributed by atoms with Gasteiger partial charge in [0.1, 0.15) is 23.3 Å². The summed E-state index contributed by atoms with van der Waals surface area (Å²) in [7, 11) is -3.64. The number of carbonyl (C=O) groups is 2. The van der Waals surface area contributed by atoms with Crippen LogP contribution in [0.3, 0.4) is 0 Å². The van der Waals surface area contributed by atoms with Crippen molar-refractivity contribution in [2.75, 3.05) is 13.2 Å². The Hall–Kier alpha value is -4.26. The quantitative estimate of drug-likeness (QED) is 0.417. The van der Waals surface area contributed by atoms with Gasteiger partial charge < -0.3 is 14.9 Å². The average molecular weight is 599 g/mol. The Morgan fingerprint density at radius 1 is 0.925 bits per heavy atom. The fourth-order valence-corrected chi connectivity index (χ4v) is 4.35. The van der Waals surface area contributed by atoms with Crippen molar-refractivity contribution in [2.24, 2.45) is 0 Å². The number of hydrogen-bond donors (Lipinski definition) is 2. The molecule has 0 saturated carbocycles. The third-order valence-electron chi connectivity index (χ3n) is 4.68. The number of rotatable bonds is 5. The van der Waals surface area contributed by atoms with Crippen LogP contribution in [-0.4, -0.2) is 80.1 Å². The lowest BCUT2D eigenvalue weighted by Gasteiger charge is -2.32. The first kappa shape index (κ1) is 32.0. The van der Waals surface area contributed by atoms with E-state index >= 15 is 0 Å². The van der Waals surface area contributed by atoms with Crippen LogP contribution in [0.1, 0.15) is 11.7 Å². The van der Waals surface area contributed by atoms with Crippen molar-refractivity contribution in [3.8, 4) is 5.75 Å². The maximum atomic E-state index is 12.9. The summed E-state index contributed by atoms with van der Waals surface area (Å²) in [6.07, 6.45) is -2.29. The first-order valence-electron chi connectivity index (χ1n) is 10.6. The molecule has 4 rings (SSSR count). The minimum Gasteiger partial charge on any atom is -0.490 e. The topological polar surface area (TPSA) is 165 Å². The Bertz CT molecular complexity index is 1350. The highest BCUT2D eigenvalue weighted by molar-refractivity contribution is 7.89. The van der Waals surface area contributed by atoms with Gasteiger partial charge in [0, 0.05) is 31.3 Å². The summed E-state index contributed by atoms with van der Waals surface area (Å²) in [6.45, 7) is 0.826. The fraction of sp³-hybridized carbons (Fsp3) is 0.286. The van der Waals surface area contributed by atoms with Gasteiger partial charge in [-0.2, -0.15) is 35.7 Å². The molecule has 1 unspecified atom stereocenters. The van der Waals surface area contributed by atoms with Gasteiger partial charge in [0.25, 0.3) is 0 Å². The summed E-state index contributed by atoms with van der Waals surface area (Å²) in [5.41, 5.74) is 0.823. The fourth-order valence-electron chi connectivity index (χ4n) is 2.93.